The third-order valence-electron chi connectivity index (χ3n) is 6.36. The molecular weight excluding hydrogens is 433 g/mol. The molecule has 0 unspecified atom stereocenters. The van der Waals surface area contributed by atoms with Crippen molar-refractivity contribution in [3.63, 3.8) is 0 Å². The summed E-state index contributed by atoms with van der Waals surface area (Å²) in [6, 6.07) is 13.1. The lowest BCUT2D eigenvalue weighted by Crippen LogP contribution is -2.45. The Hall–Kier alpha value is -3.10. The van der Waals surface area contributed by atoms with Gasteiger partial charge in [0, 0.05) is 57.7 Å². The minimum Gasteiger partial charge on any atom is -0.352 e. The molecule has 34 heavy (non-hydrogen) atoms. The highest BCUT2D eigenvalue weighted by Crippen LogP contribution is 2.19. The first kappa shape index (κ1) is 24.0. The van der Waals surface area contributed by atoms with Gasteiger partial charge in [0.2, 0.25) is 17.6 Å². The normalized spacial score (nSPS) is 14.9. The number of aromatic nitrogens is 2. The van der Waals surface area contributed by atoms with E-state index in [0.29, 0.717) is 35.8 Å². The molecule has 2 aromatic carbocycles. The summed E-state index contributed by atoms with van der Waals surface area (Å²) < 4.78 is 19.0. The molecule has 8 heteroatoms. The van der Waals surface area contributed by atoms with Crippen LogP contribution in [-0.2, 0) is 24.3 Å². The molecule has 1 aliphatic rings. The molecule has 2 heterocycles. The van der Waals surface area contributed by atoms with Gasteiger partial charge in [0.25, 0.3) is 0 Å². The molecule has 1 N–H and O–H groups in total. The van der Waals surface area contributed by atoms with Crippen molar-refractivity contribution in [3.8, 4) is 11.4 Å². The average molecular weight is 466 g/mol. The van der Waals surface area contributed by atoms with E-state index in [4.69, 9.17) is 4.52 Å². The minimum atomic E-state index is -0.313. The van der Waals surface area contributed by atoms with Gasteiger partial charge in [0.1, 0.15) is 5.82 Å². The predicted molar refractivity (Wildman–Crippen MR) is 128 cm³/mol. The van der Waals surface area contributed by atoms with Crippen molar-refractivity contribution in [1.29, 1.82) is 0 Å². The number of amides is 1. The number of hydrogen-bond acceptors (Lipinski definition) is 6. The third-order valence-corrected chi connectivity index (χ3v) is 6.36. The maximum Gasteiger partial charge on any atom is 0.227 e. The molecule has 7 nitrogen and oxygen atoms in total. The van der Waals surface area contributed by atoms with Gasteiger partial charge in [0.15, 0.2) is 0 Å². The van der Waals surface area contributed by atoms with Crippen molar-refractivity contribution in [3.05, 3.63) is 70.9 Å². The standard InChI is InChI=1S/C26H32FN5O2/c1-3-31-12-14-32(15-13-31)18-22-7-5-4-6-21(22)17-28-24(33)10-11-25-29-26(30-34-25)20-9-8-19(2)23(27)16-20/h4-9,16H,3,10-15,17-18H2,1-2H3,(H,28,33). The van der Waals surface area contributed by atoms with Gasteiger partial charge in [-0.25, -0.2) is 4.39 Å². The van der Waals surface area contributed by atoms with Crippen LogP contribution in [0.25, 0.3) is 11.4 Å². The monoisotopic (exact) mass is 465 g/mol. The summed E-state index contributed by atoms with van der Waals surface area (Å²) in [4.78, 5) is 21.7. The van der Waals surface area contributed by atoms with Crippen LogP contribution in [0.4, 0.5) is 4.39 Å². The summed E-state index contributed by atoms with van der Waals surface area (Å²) in [5, 5.41) is 6.92. The number of piperazine rings is 1. The Morgan fingerprint density at radius 1 is 1.09 bits per heavy atom. The third kappa shape index (κ3) is 6.27. The molecule has 0 bridgehead atoms. The average Bonchev–Trinajstić information content (AvgIpc) is 3.33. The van der Waals surface area contributed by atoms with Crippen molar-refractivity contribution < 1.29 is 13.7 Å². The lowest BCUT2D eigenvalue weighted by atomic mass is 10.1. The van der Waals surface area contributed by atoms with E-state index in [1.807, 2.05) is 6.07 Å². The molecule has 1 saturated heterocycles. The number of nitrogens with one attached hydrogen (secondary N) is 1. The SMILES string of the molecule is CCN1CCN(Cc2ccccc2CNC(=O)CCc2nc(-c3ccc(C)c(F)c3)no2)CC1. The van der Waals surface area contributed by atoms with E-state index in [1.54, 1.807) is 19.1 Å². The van der Waals surface area contributed by atoms with Crippen LogP contribution in [0.1, 0.15) is 35.9 Å². The number of likely N-dealkylation sites (N-methyl/N-ethyl adjacent to an activating group) is 1. The van der Waals surface area contributed by atoms with Crippen LogP contribution in [0.15, 0.2) is 47.0 Å². The fourth-order valence-electron chi connectivity index (χ4n) is 4.10. The molecule has 180 valence electrons. The number of carbonyl (C=O) groups is 1. The van der Waals surface area contributed by atoms with Crippen molar-refractivity contribution in [2.45, 2.75) is 39.8 Å². The molecule has 3 aromatic rings. The van der Waals surface area contributed by atoms with E-state index in [2.05, 4.69) is 50.4 Å². The highest BCUT2D eigenvalue weighted by atomic mass is 19.1. The van der Waals surface area contributed by atoms with Crippen LogP contribution in [0.2, 0.25) is 0 Å². The van der Waals surface area contributed by atoms with E-state index < -0.39 is 0 Å². The summed E-state index contributed by atoms with van der Waals surface area (Å²) in [7, 11) is 0. The Morgan fingerprint density at radius 3 is 2.56 bits per heavy atom. The Bertz CT molecular complexity index is 1110. The molecule has 0 atom stereocenters. The number of benzene rings is 2. The first-order chi connectivity index (χ1) is 16.5. The topological polar surface area (TPSA) is 74.5 Å². The molecule has 4 rings (SSSR count). The fourth-order valence-corrected chi connectivity index (χ4v) is 4.10. The molecular formula is C26H32FN5O2. The van der Waals surface area contributed by atoms with Crippen LogP contribution in [0.3, 0.4) is 0 Å². The summed E-state index contributed by atoms with van der Waals surface area (Å²) in [6.07, 6.45) is 0.571. The van der Waals surface area contributed by atoms with Gasteiger partial charge in [0.05, 0.1) is 0 Å². The second-order valence-corrected chi connectivity index (χ2v) is 8.73. The van der Waals surface area contributed by atoms with Gasteiger partial charge in [-0.2, -0.15) is 4.98 Å². The predicted octanol–water partition coefficient (Wildman–Crippen LogP) is 3.57. The van der Waals surface area contributed by atoms with Gasteiger partial charge in [-0.15, -0.1) is 0 Å². The quantitative estimate of drug-likeness (QED) is 0.521. The number of nitrogens with zero attached hydrogens (tertiary/aromatic N) is 4. The number of hydrogen-bond donors (Lipinski definition) is 1. The first-order valence-electron chi connectivity index (χ1n) is 11.9. The van der Waals surface area contributed by atoms with Crippen molar-refractivity contribution >= 4 is 5.91 Å². The van der Waals surface area contributed by atoms with Gasteiger partial charge >= 0.3 is 0 Å². The molecule has 1 amide bonds. The molecule has 1 aromatic heterocycles. The summed E-state index contributed by atoms with van der Waals surface area (Å²) >= 11 is 0. The maximum atomic E-state index is 13.8. The Kier molecular flexibility index (Phi) is 8.03. The van der Waals surface area contributed by atoms with Crippen LogP contribution in [0.5, 0.6) is 0 Å². The summed E-state index contributed by atoms with van der Waals surface area (Å²) in [5.74, 6) is 0.292. The van der Waals surface area contributed by atoms with E-state index in [1.165, 1.54) is 11.6 Å². The smallest absolute Gasteiger partial charge is 0.227 e. The van der Waals surface area contributed by atoms with Gasteiger partial charge < -0.3 is 14.7 Å². The van der Waals surface area contributed by atoms with Crippen LogP contribution in [-0.4, -0.2) is 58.6 Å². The highest BCUT2D eigenvalue weighted by molar-refractivity contribution is 5.76. The minimum absolute atomic E-state index is 0.0764. The maximum absolute atomic E-state index is 13.8. The molecule has 1 aliphatic heterocycles. The lowest BCUT2D eigenvalue weighted by Gasteiger charge is -2.34. The summed E-state index contributed by atoms with van der Waals surface area (Å²) in [5.41, 5.74) is 3.50. The first-order valence-corrected chi connectivity index (χ1v) is 11.9. The molecule has 0 saturated carbocycles. The number of halogens is 1. The zero-order chi connectivity index (χ0) is 23.9. The lowest BCUT2D eigenvalue weighted by molar-refractivity contribution is -0.121. The fraction of sp³-hybridized carbons (Fsp3) is 0.423. The van der Waals surface area contributed by atoms with Gasteiger partial charge in [-0.05, 0) is 36.2 Å². The molecule has 1 fully saturated rings. The highest BCUT2D eigenvalue weighted by Gasteiger charge is 2.17. The van der Waals surface area contributed by atoms with E-state index in [9.17, 15) is 9.18 Å². The Morgan fingerprint density at radius 2 is 1.82 bits per heavy atom. The van der Waals surface area contributed by atoms with E-state index in [-0.39, 0.29) is 18.1 Å². The van der Waals surface area contributed by atoms with Crippen molar-refractivity contribution in [1.82, 2.24) is 25.3 Å². The molecule has 0 spiro atoms. The van der Waals surface area contributed by atoms with Crippen molar-refractivity contribution in [2.24, 2.45) is 0 Å². The molecule has 0 aliphatic carbocycles. The molecule has 0 radical (unpaired) electrons. The van der Waals surface area contributed by atoms with Crippen LogP contribution < -0.4 is 5.32 Å². The second kappa shape index (κ2) is 11.4. The second-order valence-electron chi connectivity index (χ2n) is 8.73. The number of aryl methyl sites for hydroxylation is 2. The van der Waals surface area contributed by atoms with Gasteiger partial charge in [-0.1, -0.05) is 48.5 Å². The zero-order valence-electron chi connectivity index (χ0n) is 19.9. The van der Waals surface area contributed by atoms with Crippen LogP contribution in [0, 0.1) is 12.7 Å². The largest absolute Gasteiger partial charge is 0.352 e. The van der Waals surface area contributed by atoms with Crippen LogP contribution >= 0.6 is 0 Å². The van der Waals surface area contributed by atoms with Crippen molar-refractivity contribution in [2.75, 3.05) is 32.7 Å². The van der Waals surface area contributed by atoms with E-state index in [0.717, 1.165) is 44.8 Å². The Labute approximate surface area is 200 Å². The number of rotatable bonds is 9. The van der Waals surface area contributed by atoms with E-state index >= 15 is 0 Å². The Balaban J connectivity index is 1.26. The number of carbonyl (C=O) groups excluding carboxylic acids is 1. The van der Waals surface area contributed by atoms with Gasteiger partial charge in [-0.3, -0.25) is 9.69 Å². The zero-order valence-corrected chi connectivity index (χ0v) is 19.9. The summed E-state index contributed by atoms with van der Waals surface area (Å²) in [6.45, 7) is 10.7.